The molecule has 2 aromatic heterocycles. The summed E-state index contributed by atoms with van der Waals surface area (Å²) >= 11 is 11.2. The molecule has 5 N–H and O–H groups in total. The fourth-order valence-electron chi connectivity index (χ4n) is 5.63. The summed E-state index contributed by atoms with van der Waals surface area (Å²) in [5.74, 6) is -5.33. The molecule has 3 aromatic carbocycles. The molecule has 16 heteroatoms. The maximum absolute atomic E-state index is 13.6. The molecule has 12 nitrogen and oxygen atoms in total. The zero-order valence-electron chi connectivity index (χ0n) is 28.9. The van der Waals surface area contributed by atoms with Gasteiger partial charge in [0, 0.05) is 17.6 Å². The number of anilines is 1. The highest BCUT2D eigenvalue weighted by atomic mass is 35.5. The molecular formula is C37H34Cl2F2N6O6. The van der Waals surface area contributed by atoms with E-state index in [4.69, 9.17) is 33.7 Å². The van der Waals surface area contributed by atoms with Crippen molar-refractivity contribution in [2.75, 3.05) is 5.73 Å². The van der Waals surface area contributed by atoms with Gasteiger partial charge in [-0.3, -0.25) is 9.59 Å². The van der Waals surface area contributed by atoms with Gasteiger partial charge >= 0.3 is 11.9 Å². The highest BCUT2D eigenvalue weighted by Crippen LogP contribution is 2.35. The Hall–Kier alpha value is -5.60. The Bertz CT molecular complexity index is 2270. The maximum Gasteiger partial charge on any atom is 0.341 e. The number of aromatic nitrogens is 3. The number of nitrogens with one attached hydrogen (secondary N) is 2. The molecule has 2 heterocycles. The Morgan fingerprint density at radius 3 is 2.38 bits per heavy atom. The average Bonchev–Trinajstić information content (AvgIpc) is 3.71. The molecule has 5 aromatic rings. The van der Waals surface area contributed by atoms with Gasteiger partial charge in [0.05, 0.1) is 28.5 Å². The molecule has 2 amide bonds. The Kier molecular flexibility index (Phi) is 11.3. The number of nitrogen functional groups attached to an aromatic ring is 1. The van der Waals surface area contributed by atoms with E-state index < -0.39 is 47.0 Å². The molecule has 6 rings (SSSR count). The van der Waals surface area contributed by atoms with Gasteiger partial charge in [0.2, 0.25) is 0 Å². The zero-order valence-corrected chi connectivity index (χ0v) is 30.4. The number of carbonyl (C=O) groups excluding carboxylic acids is 3. The molecule has 0 saturated heterocycles. The molecule has 0 unspecified atom stereocenters. The van der Waals surface area contributed by atoms with E-state index in [-0.39, 0.29) is 34.7 Å². The van der Waals surface area contributed by atoms with Crippen LogP contribution >= 0.6 is 23.2 Å². The molecule has 1 aliphatic rings. The number of nitrogens with zero attached hydrogens (tertiary/aromatic N) is 3. The normalized spacial score (nSPS) is 13.5. The van der Waals surface area contributed by atoms with Crippen molar-refractivity contribution in [1.29, 1.82) is 0 Å². The third kappa shape index (κ3) is 8.90. The highest BCUT2D eigenvalue weighted by molar-refractivity contribution is 6.36. The number of carboxylic acid groups (broad SMARTS) is 1. The summed E-state index contributed by atoms with van der Waals surface area (Å²) in [5, 5.41) is 20.2. The molecule has 0 fully saturated rings. The van der Waals surface area contributed by atoms with Gasteiger partial charge in [0.15, 0.2) is 17.3 Å². The second kappa shape index (κ2) is 15.6. The van der Waals surface area contributed by atoms with E-state index in [2.05, 4.69) is 20.7 Å². The van der Waals surface area contributed by atoms with Crippen LogP contribution in [0.4, 0.5) is 14.5 Å². The molecule has 0 spiro atoms. The van der Waals surface area contributed by atoms with Crippen molar-refractivity contribution in [1.82, 2.24) is 25.2 Å². The van der Waals surface area contributed by atoms with Crippen LogP contribution in [0.1, 0.15) is 97.2 Å². The van der Waals surface area contributed by atoms with Gasteiger partial charge in [-0.05, 0) is 99.2 Å². The van der Waals surface area contributed by atoms with E-state index in [1.165, 1.54) is 12.1 Å². The van der Waals surface area contributed by atoms with Crippen LogP contribution in [0.2, 0.25) is 10.0 Å². The van der Waals surface area contributed by atoms with E-state index in [1.807, 2.05) is 6.92 Å². The van der Waals surface area contributed by atoms with Gasteiger partial charge in [0.1, 0.15) is 22.6 Å². The van der Waals surface area contributed by atoms with Crippen molar-refractivity contribution in [3.8, 4) is 0 Å². The van der Waals surface area contributed by atoms with Gasteiger partial charge in [-0.2, -0.15) is 5.10 Å². The second-order valence-corrected chi connectivity index (χ2v) is 13.9. The number of rotatable bonds is 7. The summed E-state index contributed by atoms with van der Waals surface area (Å²) in [6.45, 7) is 7.01. The number of hydrogen-bond donors (Lipinski definition) is 4. The molecular weight excluding hydrogens is 733 g/mol. The van der Waals surface area contributed by atoms with Gasteiger partial charge in [-0.15, -0.1) is 0 Å². The Labute approximate surface area is 312 Å². The van der Waals surface area contributed by atoms with E-state index in [0.29, 0.717) is 34.1 Å². The van der Waals surface area contributed by atoms with Crippen molar-refractivity contribution in [3.63, 3.8) is 0 Å². The van der Waals surface area contributed by atoms with Crippen molar-refractivity contribution in [2.24, 2.45) is 0 Å². The van der Waals surface area contributed by atoms with Crippen LogP contribution in [-0.4, -0.2) is 49.1 Å². The van der Waals surface area contributed by atoms with E-state index >= 15 is 0 Å². The molecule has 0 bridgehead atoms. The zero-order chi connectivity index (χ0) is 38.8. The van der Waals surface area contributed by atoms with Crippen molar-refractivity contribution in [2.45, 2.75) is 58.7 Å². The first-order chi connectivity index (χ1) is 24.9. The van der Waals surface area contributed by atoms with Crippen LogP contribution in [0.3, 0.4) is 0 Å². The summed E-state index contributed by atoms with van der Waals surface area (Å²) in [6.07, 6.45) is 2.16. The maximum atomic E-state index is 13.6. The molecule has 1 aliphatic carbocycles. The molecule has 0 radical (unpaired) electrons. The summed E-state index contributed by atoms with van der Waals surface area (Å²) < 4.78 is 33.4. The van der Waals surface area contributed by atoms with Gasteiger partial charge in [0.25, 0.3) is 11.8 Å². The van der Waals surface area contributed by atoms with Crippen LogP contribution < -0.4 is 16.4 Å². The summed E-state index contributed by atoms with van der Waals surface area (Å²) in [5.41, 5.74) is 7.54. The fourth-order valence-corrected chi connectivity index (χ4v) is 6.04. The average molecular weight is 768 g/mol. The van der Waals surface area contributed by atoms with Crippen molar-refractivity contribution < 1.29 is 37.8 Å². The lowest BCUT2D eigenvalue weighted by molar-refractivity contribution is 0.00681. The summed E-state index contributed by atoms with van der Waals surface area (Å²) in [6, 6.07) is 12.3. The van der Waals surface area contributed by atoms with Gasteiger partial charge in [-0.1, -0.05) is 35.3 Å². The quantitative estimate of drug-likeness (QED) is 0.101. The number of esters is 1. The number of carbonyl (C=O) groups is 4. The van der Waals surface area contributed by atoms with Gasteiger partial charge < -0.3 is 26.2 Å². The number of nitrogens with two attached hydrogens (primary N) is 1. The van der Waals surface area contributed by atoms with Crippen LogP contribution in [-0.2, 0) is 17.7 Å². The SMILES string of the molecule is Cc1c(C(=O)OC(C)(C)C)ccc2c1CC[C@@H]2NC(=O)c1cc(C(=O)NCc2ccc(F)c(F)c2)nc2c(C(=O)O)cnn12.Nc1ccc(Cl)cc1Cl. The number of hydrogen-bond acceptors (Lipinski definition) is 8. The minimum Gasteiger partial charge on any atom is -0.477 e. The molecule has 276 valence electrons. The highest BCUT2D eigenvalue weighted by Gasteiger charge is 2.30. The van der Waals surface area contributed by atoms with Gasteiger partial charge in [-0.25, -0.2) is 27.9 Å². The lowest BCUT2D eigenvalue weighted by Crippen LogP contribution is -2.31. The van der Waals surface area contributed by atoms with Crippen LogP contribution in [0.25, 0.3) is 5.65 Å². The first-order valence-electron chi connectivity index (χ1n) is 16.1. The third-order valence-corrected chi connectivity index (χ3v) is 8.75. The monoisotopic (exact) mass is 766 g/mol. The number of fused-ring (bicyclic) bond motifs is 2. The topological polar surface area (TPSA) is 178 Å². The Morgan fingerprint density at radius 2 is 1.74 bits per heavy atom. The largest absolute Gasteiger partial charge is 0.477 e. The number of carboxylic acids is 1. The lowest BCUT2D eigenvalue weighted by atomic mass is 9.97. The predicted octanol–water partition coefficient (Wildman–Crippen LogP) is 6.89. The number of aromatic carboxylic acids is 1. The first-order valence-corrected chi connectivity index (χ1v) is 16.9. The van der Waals surface area contributed by atoms with Crippen LogP contribution in [0, 0.1) is 18.6 Å². The van der Waals surface area contributed by atoms with Crippen molar-refractivity contribution in [3.05, 3.63) is 127 Å². The van der Waals surface area contributed by atoms with E-state index in [9.17, 15) is 33.1 Å². The number of amides is 2. The number of halogens is 4. The lowest BCUT2D eigenvalue weighted by Gasteiger charge is -2.21. The fraction of sp³-hybridized carbons (Fsp3) is 0.243. The molecule has 1 atom stereocenters. The van der Waals surface area contributed by atoms with E-state index in [0.717, 1.165) is 39.5 Å². The van der Waals surface area contributed by atoms with Crippen LogP contribution in [0.15, 0.2) is 60.8 Å². The third-order valence-electron chi connectivity index (χ3n) is 8.18. The molecule has 0 saturated carbocycles. The number of benzene rings is 3. The van der Waals surface area contributed by atoms with Crippen molar-refractivity contribution >= 4 is 58.3 Å². The summed E-state index contributed by atoms with van der Waals surface area (Å²) in [7, 11) is 0. The standard InChI is InChI=1S/C31H29F2N5O6.C6H5Cl2N/c1-15-17-8-10-23(19(17)7-6-18(15)30(43)44-31(2,3)4)37-28(40)25-12-24(36-26-20(29(41)42)14-35-38(25)26)27(39)34-13-16-5-9-21(32)22(33)11-16;7-4-1-2-6(9)5(8)3-4/h5-7,9,11-12,14,23H,8,10,13H2,1-4H3,(H,34,39)(H,37,40)(H,41,42);1-3H,9H2/t23-;/m0./s1. The molecule has 0 aliphatic heterocycles. The van der Waals surface area contributed by atoms with E-state index in [1.54, 1.807) is 51.1 Å². The smallest absolute Gasteiger partial charge is 0.341 e. The minimum absolute atomic E-state index is 0.143. The molecule has 53 heavy (non-hydrogen) atoms. The van der Waals surface area contributed by atoms with Crippen LogP contribution in [0.5, 0.6) is 0 Å². The first kappa shape index (κ1) is 38.6. The number of ether oxygens (including phenoxy) is 1. The predicted molar refractivity (Wildman–Crippen MR) is 193 cm³/mol. The Balaban J connectivity index is 0.000000526. The minimum atomic E-state index is -1.36. The second-order valence-electron chi connectivity index (χ2n) is 13.1. The Morgan fingerprint density at radius 1 is 1.00 bits per heavy atom. The summed E-state index contributed by atoms with van der Waals surface area (Å²) in [4.78, 5) is 55.3.